The molecule has 82 valence electrons. The lowest BCUT2D eigenvalue weighted by atomic mass is 10.00. The van der Waals surface area contributed by atoms with Crippen LogP contribution in [0.5, 0.6) is 0 Å². The molecule has 1 aromatic rings. The second-order valence-corrected chi connectivity index (χ2v) is 4.33. The van der Waals surface area contributed by atoms with Crippen LogP contribution >= 0.6 is 0 Å². The number of hydrogen-bond donors (Lipinski definition) is 1. The molecule has 0 aliphatic carbocycles. The van der Waals surface area contributed by atoms with E-state index in [0.717, 1.165) is 19.5 Å². The van der Waals surface area contributed by atoms with Gasteiger partial charge in [0, 0.05) is 24.8 Å². The van der Waals surface area contributed by atoms with Crippen molar-refractivity contribution in [3.63, 3.8) is 0 Å². The summed E-state index contributed by atoms with van der Waals surface area (Å²) in [5.74, 6) is 0. The molecule has 1 N–H and O–H groups in total. The Bertz CT molecular complexity index is 340. The van der Waals surface area contributed by atoms with Crippen LogP contribution in [0.15, 0.2) is 18.2 Å². The molecule has 1 fully saturated rings. The average molecular weight is 204 g/mol. The van der Waals surface area contributed by atoms with E-state index < -0.39 is 0 Å². The first-order valence-corrected chi connectivity index (χ1v) is 5.77. The Hall–Kier alpha value is -1.02. The van der Waals surface area contributed by atoms with Crippen molar-refractivity contribution in [2.24, 2.45) is 0 Å². The number of rotatable bonds is 3. The molecule has 0 aromatic heterocycles. The molecule has 0 bridgehead atoms. The molecule has 2 nitrogen and oxygen atoms in total. The van der Waals surface area contributed by atoms with Gasteiger partial charge in [-0.3, -0.25) is 0 Å². The summed E-state index contributed by atoms with van der Waals surface area (Å²) in [6.07, 6.45) is 1.12. The minimum atomic E-state index is 0.675. The van der Waals surface area contributed by atoms with Crippen LogP contribution in [0.4, 0.5) is 5.69 Å². The van der Waals surface area contributed by atoms with Gasteiger partial charge in [-0.15, -0.1) is 0 Å². The molecule has 1 heterocycles. The maximum absolute atomic E-state index is 3.32. The van der Waals surface area contributed by atoms with E-state index in [-0.39, 0.29) is 0 Å². The van der Waals surface area contributed by atoms with Crippen molar-refractivity contribution in [1.29, 1.82) is 0 Å². The fourth-order valence-electron chi connectivity index (χ4n) is 2.30. The van der Waals surface area contributed by atoms with E-state index in [9.17, 15) is 0 Å². The quantitative estimate of drug-likeness (QED) is 0.809. The zero-order valence-electron chi connectivity index (χ0n) is 9.88. The number of hydrogen-bond acceptors (Lipinski definition) is 2. The van der Waals surface area contributed by atoms with Gasteiger partial charge >= 0.3 is 0 Å². The van der Waals surface area contributed by atoms with Crippen LogP contribution < -0.4 is 10.2 Å². The first-order valence-electron chi connectivity index (χ1n) is 5.77. The fourth-order valence-corrected chi connectivity index (χ4v) is 2.30. The summed E-state index contributed by atoms with van der Waals surface area (Å²) >= 11 is 0. The van der Waals surface area contributed by atoms with E-state index >= 15 is 0 Å². The van der Waals surface area contributed by atoms with Crippen LogP contribution in [0, 0.1) is 6.92 Å². The Balaban J connectivity index is 2.21. The lowest BCUT2D eigenvalue weighted by Crippen LogP contribution is -2.57. The summed E-state index contributed by atoms with van der Waals surface area (Å²) in [5, 5.41) is 3.32. The number of aryl methyl sites for hydroxylation is 2. The van der Waals surface area contributed by atoms with Gasteiger partial charge in [0.25, 0.3) is 0 Å². The number of benzene rings is 1. The standard InChI is InChI=1S/C13H20N2/c1-4-11-7-5-6-10(2)13(11)15-8-12(9-15)14-3/h5-7,12,14H,4,8-9H2,1-3H3. The molecule has 0 unspecified atom stereocenters. The highest BCUT2D eigenvalue weighted by Crippen LogP contribution is 2.29. The van der Waals surface area contributed by atoms with Crippen molar-refractivity contribution in [2.45, 2.75) is 26.3 Å². The third-order valence-corrected chi connectivity index (χ3v) is 3.31. The van der Waals surface area contributed by atoms with Crippen LogP contribution in [-0.4, -0.2) is 26.2 Å². The predicted molar refractivity (Wildman–Crippen MR) is 65.6 cm³/mol. The van der Waals surface area contributed by atoms with Gasteiger partial charge in [-0.25, -0.2) is 0 Å². The van der Waals surface area contributed by atoms with Gasteiger partial charge in [-0.2, -0.15) is 0 Å². The summed E-state index contributed by atoms with van der Waals surface area (Å²) in [6.45, 7) is 6.73. The molecule has 1 aliphatic rings. The first kappa shape index (κ1) is 10.5. The number of anilines is 1. The van der Waals surface area contributed by atoms with Crippen molar-refractivity contribution >= 4 is 5.69 Å². The van der Waals surface area contributed by atoms with Gasteiger partial charge in [0.2, 0.25) is 0 Å². The van der Waals surface area contributed by atoms with Crippen LogP contribution in [-0.2, 0) is 6.42 Å². The molecular formula is C13H20N2. The van der Waals surface area contributed by atoms with Crippen LogP contribution in [0.2, 0.25) is 0 Å². The number of para-hydroxylation sites is 1. The summed E-state index contributed by atoms with van der Waals surface area (Å²) < 4.78 is 0. The Labute approximate surface area is 92.3 Å². The third kappa shape index (κ3) is 1.86. The van der Waals surface area contributed by atoms with Gasteiger partial charge in [-0.05, 0) is 31.5 Å². The van der Waals surface area contributed by atoms with Gasteiger partial charge in [0.05, 0.1) is 0 Å². The second-order valence-electron chi connectivity index (χ2n) is 4.33. The summed E-state index contributed by atoms with van der Waals surface area (Å²) in [7, 11) is 2.04. The monoisotopic (exact) mass is 204 g/mol. The largest absolute Gasteiger partial charge is 0.368 e. The van der Waals surface area contributed by atoms with E-state index in [1.807, 2.05) is 7.05 Å². The summed E-state index contributed by atoms with van der Waals surface area (Å²) in [4.78, 5) is 2.48. The lowest BCUT2D eigenvalue weighted by molar-refractivity contribution is 0.449. The number of nitrogens with one attached hydrogen (secondary N) is 1. The normalized spacial score (nSPS) is 16.6. The molecule has 0 spiro atoms. The van der Waals surface area contributed by atoms with Gasteiger partial charge in [0.15, 0.2) is 0 Å². The smallest absolute Gasteiger partial charge is 0.0429 e. The molecular weight excluding hydrogens is 184 g/mol. The Morgan fingerprint density at radius 2 is 2.13 bits per heavy atom. The summed E-state index contributed by atoms with van der Waals surface area (Å²) in [6, 6.07) is 7.29. The van der Waals surface area contributed by atoms with Crippen molar-refractivity contribution in [3.8, 4) is 0 Å². The van der Waals surface area contributed by atoms with Gasteiger partial charge in [-0.1, -0.05) is 25.1 Å². The lowest BCUT2D eigenvalue weighted by Gasteiger charge is -2.42. The zero-order chi connectivity index (χ0) is 10.8. The highest BCUT2D eigenvalue weighted by Gasteiger charge is 2.27. The van der Waals surface area contributed by atoms with Crippen molar-refractivity contribution in [3.05, 3.63) is 29.3 Å². The highest BCUT2D eigenvalue weighted by atomic mass is 15.2. The van der Waals surface area contributed by atoms with E-state index in [1.165, 1.54) is 16.8 Å². The Morgan fingerprint density at radius 1 is 1.40 bits per heavy atom. The second kappa shape index (κ2) is 4.23. The van der Waals surface area contributed by atoms with Crippen LogP contribution in [0.1, 0.15) is 18.1 Å². The van der Waals surface area contributed by atoms with Crippen molar-refractivity contribution < 1.29 is 0 Å². The fraction of sp³-hybridized carbons (Fsp3) is 0.538. The molecule has 15 heavy (non-hydrogen) atoms. The molecule has 1 aliphatic heterocycles. The van der Waals surface area contributed by atoms with Gasteiger partial charge < -0.3 is 10.2 Å². The van der Waals surface area contributed by atoms with Gasteiger partial charge in [0.1, 0.15) is 0 Å². The predicted octanol–water partition coefficient (Wildman–Crippen LogP) is 1.97. The van der Waals surface area contributed by atoms with E-state index in [0.29, 0.717) is 6.04 Å². The molecule has 0 radical (unpaired) electrons. The SMILES string of the molecule is CCc1cccc(C)c1N1CC(NC)C1. The summed E-state index contributed by atoms with van der Waals surface area (Å²) in [5.41, 5.74) is 4.35. The van der Waals surface area contributed by atoms with Crippen molar-refractivity contribution in [2.75, 3.05) is 25.0 Å². The van der Waals surface area contributed by atoms with E-state index in [2.05, 4.69) is 42.3 Å². The molecule has 2 rings (SSSR count). The highest BCUT2D eigenvalue weighted by molar-refractivity contribution is 5.61. The van der Waals surface area contributed by atoms with Crippen LogP contribution in [0.3, 0.4) is 0 Å². The van der Waals surface area contributed by atoms with E-state index in [1.54, 1.807) is 0 Å². The number of likely N-dealkylation sites (N-methyl/N-ethyl adjacent to an activating group) is 1. The molecule has 0 amide bonds. The zero-order valence-corrected chi connectivity index (χ0v) is 9.88. The molecule has 0 atom stereocenters. The molecule has 2 heteroatoms. The Kier molecular flexibility index (Phi) is 2.96. The number of nitrogens with zero attached hydrogens (tertiary/aromatic N) is 1. The van der Waals surface area contributed by atoms with E-state index in [4.69, 9.17) is 0 Å². The molecule has 1 aromatic carbocycles. The Morgan fingerprint density at radius 3 is 2.73 bits per heavy atom. The minimum Gasteiger partial charge on any atom is -0.368 e. The minimum absolute atomic E-state index is 0.675. The maximum Gasteiger partial charge on any atom is 0.0429 e. The molecule has 0 saturated carbocycles. The molecule has 1 saturated heterocycles. The van der Waals surface area contributed by atoms with Crippen molar-refractivity contribution in [1.82, 2.24) is 5.32 Å². The first-order chi connectivity index (χ1) is 7.26. The third-order valence-electron chi connectivity index (χ3n) is 3.31. The van der Waals surface area contributed by atoms with Crippen LogP contribution in [0.25, 0.3) is 0 Å². The topological polar surface area (TPSA) is 15.3 Å². The average Bonchev–Trinajstić information content (AvgIpc) is 2.18. The maximum atomic E-state index is 3.32.